The first kappa shape index (κ1) is 13.2. The Kier molecular flexibility index (Phi) is 3.13. The number of fused-ring (bicyclic) bond motifs is 1. The van der Waals surface area contributed by atoms with E-state index in [9.17, 15) is 13.6 Å². The summed E-state index contributed by atoms with van der Waals surface area (Å²) in [4.78, 5) is 18.6. The highest BCUT2D eigenvalue weighted by molar-refractivity contribution is 6.08. The number of halogens is 2. The fourth-order valence-electron chi connectivity index (χ4n) is 2.10. The lowest BCUT2D eigenvalue weighted by atomic mass is 10.1. The van der Waals surface area contributed by atoms with Crippen LogP contribution in [0.5, 0.6) is 11.5 Å². The van der Waals surface area contributed by atoms with Crippen molar-refractivity contribution in [3.8, 4) is 11.5 Å². The Balaban J connectivity index is 2.12. The van der Waals surface area contributed by atoms with Crippen molar-refractivity contribution in [2.24, 2.45) is 0 Å². The monoisotopic (exact) mass is 288 g/mol. The maximum atomic E-state index is 13.2. The van der Waals surface area contributed by atoms with Gasteiger partial charge in [0.15, 0.2) is 5.78 Å². The molecular formula is C15H10F2N2O2. The van der Waals surface area contributed by atoms with Crippen LogP contribution in [0.3, 0.4) is 0 Å². The second-order valence-corrected chi connectivity index (χ2v) is 4.50. The van der Waals surface area contributed by atoms with E-state index in [-0.39, 0.29) is 11.5 Å². The molecule has 0 saturated heterocycles. The molecule has 0 fully saturated rings. The highest BCUT2D eigenvalue weighted by atomic mass is 19.1. The lowest BCUT2D eigenvalue weighted by Gasteiger charge is -2.08. The molecule has 0 unspecified atom stereocenters. The zero-order valence-electron chi connectivity index (χ0n) is 11.0. The van der Waals surface area contributed by atoms with E-state index in [0.717, 1.165) is 18.2 Å². The third-order valence-corrected chi connectivity index (χ3v) is 2.98. The average molecular weight is 288 g/mol. The van der Waals surface area contributed by atoms with Crippen molar-refractivity contribution < 1.29 is 18.3 Å². The third kappa shape index (κ3) is 2.47. The molecule has 6 heteroatoms. The minimum absolute atomic E-state index is 0.00991. The number of aromatic amines is 1. The fourth-order valence-corrected chi connectivity index (χ4v) is 2.10. The molecule has 2 heterocycles. The number of nitrogens with one attached hydrogen (secondary N) is 1. The number of benzene rings is 1. The first-order chi connectivity index (χ1) is 10.0. The minimum Gasteiger partial charge on any atom is -0.456 e. The van der Waals surface area contributed by atoms with Crippen LogP contribution in [0, 0.1) is 11.6 Å². The molecule has 0 radical (unpaired) electrons. The molecule has 3 rings (SSSR count). The maximum Gasteiger partial charge on any atom is 0.162 e. The van der Waals surface area contributed by atoms with Gasteiger partial charge in [-0.1, -0.05) is 0 Å². The number of ketones is 1. The minimum atomic E-state index is -0.740. The van der Waals surface area contributed by atoms with Crippen LogP contribution in [0.25, 0.3) is 11.0 Å². The Labute approximate surface area is 118 Å². The van der Waals surface area contributed by atoms with Crippen LogP contribution in [0.15, 0.2) is 36.7 Å². The van der Waals surface area contributed by atoms with Gasteiger partial charge in [0.2, 0.25) is 0 Å². The molecule has 0 aliphatic rings. The number of hydrogen-bond donors (Lipinski definition) is 1. The van der Waals surface area contributed by atoms with E-state index < -0.39 is 11.6 Å². The third-order valence-electron chi connectivity index (χ3n) is 2.98. The zero-order chi connectivity index (χ0) is 15.0. The average Bonchev–Trinajstić information content (AvgIpc) is 2.82. The standard InChI is InChI=1S/C15H10F2N2O2/c1-8(20)12-7-19-15-14(12)13(2-3-18-15)21-11-5-9(16)4-10(17)6-11/h2-7H,1H3,(H,18,19). The second-order valence-electron chi connectivity index (χ2n) is 4.50. The van der Waals surface area contributed by atoms with Gasteiger partial charge >= 0.3 is 0 Å². The summed E-state index contributed by atoms with van der Waals surface area (Å²) in [5.74, 6) is -1.33. The van der Waals surface area contributed by atoms with Crippen LogP contribution >= 0.6 is 0 Å². The lowest BCUT2D eigenvalue weighted by molar-refractivity contribution is 0.101. The highest BCUT2D eigenvalue weighted by Crippen LogP contribution is 2.32. The van der Waals surface area contributed by atoms with Crippen LogP contribution in [-0.2, 0) is 0 Å². The number of hydrogen-bond acceptors (Lipinski definition) is 3. The fraction of sp³-hybridized carbons (Fsp3) is 0.0667. The molecule has 1 N–H and O–H groups in total. The SMILES string of the molecule is CC(=O)c1c[nH]c2nccc(Oc3cc(F)cc(F)c3)c12. The summed E-state index contributed by atoms with van der Waals surface area (Å²) in [6.07, 6.45) is 3.01. The molecule has 0 aliphatic carbocycles. The van der Waals surface area contributed by atoms with E-state index in [0.29, 0.717) is 22.3 Å². The Bertz CT molecular complexity index is 823. The van der Waals surface area contributed by atoms with Crippen LogP contribution in [-0.4, -0.2) is 15.8 Å². The van der Waals surface area contributed by atoms with Gasteiger partial charge in [-0.15, -0.1) is 0 Å². The molecule has 0 saturated carbocycles. The summed E-state index contributed by atoms with van der Waals surface area (Å²) in [5, 5.41) is 0.481. The summed E-state index contributed by atoms with van der Waals surface area (Å²) in [7, 11) is 0. The number of aromatic nitrogens is 2. The Hall–Kier alpha value is -2.76. The first-order valence-electron chi connectivity index (χ1n) is 6.15. The van der Waals surface area contributed by atoms with Gasteiger partial charge in [-0.3, -0.25) is 4.79 Å². The predicted octanol–water partition coefficient (Wildman–Crippen LogP) is 3.84. The van der Waals surface area contributed by atoms with E-state index in [1.165, 1.54) is 25.4 Å². The van der Waals surface area contributed by atoms with Gasteiger partial charge in [-0.05, 0) is 13.0 Å². The molecular weight excluding hydrogens is 278 g/mol. The van der Waals surface area contributed by atoms with E-state index >= 15 is 0 Å². The second kappa shape index (κ2) is 4.97. The largest absolute Gasteiger partial charge is 0.456 e. The maximum absolute atomic E-state index is 13.2. The van der Waals surface area contributed by atoms with Gasteiger partial charge < -0.3 is 9.72 Å². The summed E-state index contributed by atoms with van der Waals surface area (Å²) >= 11 is 0. The molecule has 21 heavy (non-hydrogen) atoms. The summed E-state index contributed by atoms with van der Waals surface area (Å²) in [6.45, 7) is 1.42. The smallest absolute Gasteiger partial charge is 0.162 e. The molecule has 1 aromatic carbocycles. The number of carbonyl (C=O) groups excluding carboxylic acids is 1. The van der Waals surface area contributed by atoms with E-state index in [1.54, 1.807) is 0 Å². The normalized spacial score (nSPS) is 10.8. The summed E-state index contributed by atoms with van der Waals surface area (Å²) in [5.41, 5.74) is 0.875. The Morgan fingerprint density at radius 1 is 1.24 bits per heavy atom. The molecule has 4 nitrogen and oxygen atoms in total. The van der Waals surface area contributed by atoms with Crippen LogP contribution in [0.2, 0.25) is 0 Å². The molecule has 2 aromatic heterocycles. The van der Waals surface area contributed by atoms with Crippen molar-refractivity contribution in [1.29, 1.82) is 0 Å². The van der Waals surface area contributed by atoms with Crippen molar-refractivity contribution in [3.63, 3.8) is 0 Å². The molecule has 3 aromatic rings. The first-order valence-corrected chi connectivity index (χ1v) is 6.15. The van der Waals surface area contributed by atoms with Crippen molar-refractivity contribution in [1.82, 2.24) is 9.97 Å². The molecule has 0 amide bonds. The summed E-state index contributed by atoms with van der Waals surface area (Å²) in [6, 6.07) is 4.42. The quantitative estimate of drug-likeness (QED) is 0.745. The van der Waals surface area contributed by atoms with Crippen LogP contribution in [0.1, 0.15) is 17.3 Å². The number of rotatable bonds is 3. The Morgan fingerprint density at radius 3 is 2.62 bits per heavy atom. The number of Topliss-reactive ketones (excluding diaryl/α,β-unsaturated/α-hetero) is 1. The highest BCUT2D eigenvalue weighted by Gasteiger charge is 2.15. The molecule has 106 valence electrons. The lowest BCUT2D eigenvalue weighted by Crippen LogP contribution is -1.93. The van der Waals surface area contributed by atoms with E-state index in [4.69, 9.17) is 4.74 Å². The van der Waals surface area contributed by atoms with Gasteiger partial charge in [-0.2, -0.15) is 0 Å². The van der Waals surface area contributed by atoms with Gasteiger partial charge in [0, 0.05) is 36.2 Å². The number of nitrogens with zero attached hydrogens (tertiary/aromatic N) is 1. The van der Waals surface area contributed by atoms with Crippen LogP contribution in [0.4, 0.5) is 8.78 Å². The molecule has 0 spiro atoms. The summed E-state index contributed by atoms with van der Waals surface area (Å²) < 4.78 is 31.9. The van der Waals surface area contributed by atoms with E-state index in [1.807, 2.05) is 0 Å². The molecule has 0 atom stereocenters. The number of H-pyrrole nitrogens is 1. The van der Waals surface area contributed by atoms with Gasteiger partial charge in [0.25, 0.3) is 0 Å². The van der Waals surface area contributed by atoms with Crippen molar-refractivity contribution in [2.45, 2.75) is 6.92 Å². The predicted molar refractivity (Wildman–Crippen MR) is 72.5 cm³/mol. The van der Waals surface area contributed by atoms with Crippen molar-refractivity contribution in [2.75, 3.05) is 0 Å². The number of carbonyl (C=O) groups is 1. The number of ether oxygens (including phenoxy) is 1. The zero-order valence-corrected chi connectivity index (χ0v) is 11.0. The van der Waals surface area contributed by atoms with E-state index in [2.05, 4.69) is 9.97 Å². The van der Waals surface area contributed by atoms with Crippen LogP contribution < -0.4 is 4.74 Å². The number of pyridine rings is 1. The molecule has 0 aliphatic heterocycles. The topological polar surface area (TPSA) is 55.0 Å². The van der Waals surface area contributed by atoms with Gasteiger partial charge in [0.1, 0.15) is 28.8 Å². The van der Waals surface area contributed by atoms with Gasteiger partial charge in [0.05, 0.1) is 5.39 Å². The van der Waals surface area contributed by atoms with Crippen molar-refractivity contribution in [3.05, 3.63) is 53.9 Å². The van der Waals surface area contributed by atoms with Gasteiger partial charge in [-0.25, -0.2) is 13.8 Å². The van der Waals surface area contributed by atoms with Crippen molar-refractivity contribution >= 4 is 16.8 Å². The Morgan fingerprint density at radius 2 is 1.95 bits per heavy atom. The molecule has 0 bridgehead atoms.